The van der Waals surface area contributed by atoms with Crippen molar-refractivity contribution < 1.29 is 4.79 Å². The third kappa shape index (κ3) is 4.04. The number of carbonyl (C=O) groups is 1. The van der Waals surface area contributed by atoms with Crippen LogP contribution in [0.15, 0.2) is 48.1 Å². The van der Waals surface area contributed by atoms with Crippen LogP contribution in [0.3, 0.4) is 0 Å². The maximum atomic E-state index is 12.2. The van der Waals surface area contributed by atoms with Gasteiger partial charge in [-0.1, -0.05) is 19.4 Å². The Morgan fingerprint density at radius 3 is 3.04 bits per heavy atom. The zero-order valence-corrected chi connectivity index (χ0v) is 13.7. The van der Waals surface area contributed by atoms with Crippen molar-refractivity contribution in [3.05, 3.63) is 64.2 Å². The number of amides is 1. The highest BCUT2D eigenvalue weighted by Crippen LogP contribution is 2.17. The Labute approximate surface area is 139 Å². The fourth-order valence-corrected chi connectivity index (χ4v) is 3.21. The maximum absolute atomic E-state index is 12.2. The molecule has 0 bridgehead atoms. The van der Waals surface area contributed by atoms with Crippen molar-refractivity contribution in [2.45, 2.75) is 26.3 Å². The smallest absolute Gasteiger partial charge is 0.257 e. The van der Waals surface area contributed by atoms with Crippen LogP contribution >= 0.6 is 11.3 Å². The van der Waals surface area contributed by atoms with Crippen LogP contribution in [0.1, 0.15) is 34.3 Å². The molecular weight excluding hydrogens is 308 g/mol. The van der Waals surface area contributed by atoms with Crippen molar-refractivity contribution in [2.24, 2.45) is 0 Å². The second-order valence-electron chi connectivity index (χ2n) is 5.23. The summed E-state index contributed by atoms with van der Waals surface area (Å²) in [6.07, 6.45) is 5.68. The van der Waals surface area contributed by atoms with E-state index in [4.69, 9.17) is 0 Å². The molecule has 1 amide bonds. The minimum atomic E-state index is -0.119. The number of aryl methyl sites for hydroxylation is 1. The molecule has 0 spiro atoms. The summed E-state index contributed by atoms with van der Waals surface area (Å²) in [7, 11) is 0. The molecule has 0 aliphatic rings. The summed E-state index contributed by atoms with van der Waals surface area (Å²) in [6.45, 7) is 2.71. The summed E-state index contributed by atoms with van der Waals surface area (Å²) in [5.74, 6) is 0.431. The van der Waals surface area contributed by atoms with Crippen LogP contribution < -0.4 is 5.32 Å². The highest BCUT2D eigenvalue weighted by Gasteiger charge is 2.10. The number of nitrogens with one attached hydrogen (secondary N) is 1. The normalized spacial score (nSPS) is 10.7. The van der Waals surface area contributed by atoms with Crippen LogP contribution in [0.2, 0.25) is 0 Å². The Balaban J connectivity index is 1.62. The van der Waals surface area contributed by atoms with Crippen LogP contribution in [-0.2, 0) is 13.0 Å². The van der Waals surface area contributed by atoms with Crippen LogP contribution in [0.25, 0.3) is 0 Å². The number of aromatic nitrogens is 3. The lowest BCUT2D eigenvalue weighted by Gasteiger charge is -2.01. The van der Waals surface area contributed by atoms with Gasteiger partial charge in [0.15, 0.2) is 5.82 Å². The summed E-state index contributed by atoms with van der Waals surface area (Å²) >= 11 is 1.63. The Bertz CT molecular complexity index is 779. The van der Waals surface area contributed by atoms with E-state index in [1.165, 1.54) is 4.88 Å². The number of thiophene rings is 1. The molecule has 118 valence electrons. The molecule has 6 heteroatoms. The van der Waals surface area contributed by atoms with Crippen molar-refractivity contribution in [1.29, 1.82) is 0 Å². The van der Waals surface area contributed by atoms with Gasteiger partial charge in [0.1, 0.15) is 0 Å². The summed E-state index contributed by atoms with van der Waals surface area (Å²) in [6, 6.07) is 9.51. The van der Waals surface area contributed by atoms with E-state index in [1.807, 2.05) is 35.8 Å². The summed E-state index contributed by atoms with van der Waals surface area (Å²) in [4.78, 5) is 17.7. The molecular formula is C17H18N4OS. The van der Waals surface area contributed by atoms with E-state index in [0.717, 1.165) is 18.5 Å². The standard InChI is InChI=1S/C17H18N4OS/c1-2-5-15-10-13(12-23-15)17(22)19-16-7-9-21(20-16)11-14-6-3-4-8-18-14/h3-4,6-10,12H,2,5,11H2,1H3,(H,19,20,22). The molecule has 3 aromatic rings. The zero-order chi connectivity index (χ0) is 16.1. The number of hydrogen-bond acceptors (Lipinski definition) is 4. The first-order chi connectivity index (χ1) is 11.2. The Morgan fingerprint density at radius 2 is 2.26 bits per heavy atom. The van der Waals surface area contributed by atoms with Gasteiger partial charge in [0.2, 0.25) is 0 Å². The summed E-state index contributed by atoms with van der Waals surface area (Å²) in [5, 5.41) is 9.09. The topological polar surface area (TPSA) is 59.8 Å². The van der Waals surface area contributed by atoms with Crippen molar-refractivity contribution >= 4 is 23.1 Å². The van der Waals surface area contributed by atoms with E-state index in [-0.39, 0.29) is 5.91 Å². The molecule has 0 atom stereocenters. The Hall–Kier alpha value is -2.47. The zero-order valence-electron chi connectivity index (χ0n) is 12.9. The average molecular weight is 326 g/mol. The molecule has 0 saturated carbocycles. The highest BCUT2D eigenvalue weighted by molar-refractivity contribution is 7.10. The Kier molecular flexibility index (Phi) is 4.83. The van der Waals surface area contributed by atoms with Gasteiger partial charge in [-0.2, -0.15) is 5.10 Å². The third-order valence-electron chi connectivity index (χ3n) is 3.34. The maximum Gasteiger partial charge on any atom is 0.257 e. The third-order valence-corrected chi connectivity index (χ3v) is 4.34. The lowest BCUT2D eigenvalue weighted by atomic mass is 10.2. The van der Waals surface area contributed by atoms with Gasteiger partial charge in [-0.05, 0) is 24.6 Å². The fourth-order valence-electron chi connectivity index (χ4n) is 2.24. The summed E-state index contributed by atoms with van der Waals surface area (Å²) < 4.78 is 1.76. The van der Waals surface area contributed by atoms with Crippen LogP contribution in [-0.4, -0.2) is 20.7 Å². The van der Waals surface area contributed by atoms with Gasteiger partial charge in [0.25, 0.3) is 5.91 Å². The van der Waals surface area contributed by atoms with E-state index in [9.17, 15) is 4.79 Å². The Morgan fingerprint density at radius 1 is 1.35 bits per heavy atom. The van der Waals surface area contributed by atoms with Gasteiger partial charge < -0.3 is 5.32 Å². The van der Waals surface area contributed by atoms with Crippen LogP contribution in [0, 0.1) is 0 Å². The first-order valence-electron chi connectivity index (χ1n) is 7.56. The van der Waals surface area contributed by atoms with Gasteiger partial charge in [-0.25, -0.2) is 0 Å². The molecule has 0 radical (unpaired) electrons. The molecule has 0 unspecified atom stereocenters. The number of carbonyl (C=O) groups excluding carboxylic acids is 1. The molecule has 3 aromatic heterocycles. The molecule has 0 aliphatic carbocycles. The molecule has 0 saturated heterocycles. The molecule has 3 heterocycles. The minimum absolute atomic E-state index is 0.119. The largest absolute Gasteiger partial charge is 0.305 e. The molecule has 3 rings (SSSR count). The van der Waals surface area contributed by atoms with Gasteiger partial charge >= 0.3 is 0 Å². The fraction of sp³-hybridized carbons (Fsp3) is 0.235. The molecule has 0 fully saturated rings. The van der Waals surface area contributed by atoms with E-state index in [1.54, 1.807) is 28.3 Å². The monoisotopic (exact) mass is 326 g/mol. The second-order valence-corrected chi connectivity index (χ2v) is 6.22. The van der Waals surface area contributed by atoms with E-state index in [2.05, 4.69) is 22.3 Å². The van der Waals surface area contributed by atoms with Crippen LogP contribution in [0.4, 0.5) is 5.82 Å². The average Bonchev–Trinajstić information content (AvgIpc) is 3.18. The first-order valence-corrected chi connectivity index (χ1v) is 8.44. The van der Waals surface area contributed by atoms with Gasteiger partial charge in [-0.3, -0.25) is 14.5 Å². The second kappa shape index (κ2) is 7.19. The van der Waals surface area contributed by atoms with E-state index >= 15 is 0 Å². The number of pyridine rings is 1. The predicted octanol–water partition coefficient (Wildman–Crippen LogP) is 3.59. The lowest BCUT2D eigenvalue weighted by Crippen LogP contribution is -2.12. The van der Waals surface area contributed by atoms with Crippen molar-refractivity contribution in [1.82, 2.24) is 14.8 Å². The number of anilines is 1. The predicted molar refractivity (Wildman–Crippen MR) is 91.8 cm³/mol. The van der Waals surface area contributed by atoms with Crippen molar-refractivity contribution in [3.8, 4) is 0 Å². The van der Waals surface area contributed by atoms with Crippen molar-refractivity contribution in [3.63, 3.8) is 0 Å². The molecule has 23 heavy (non-hydrogen) atoms. The molecule has 5 nitrogen and oxygen atoms in total. The summed E-state index contributed by atoms with van der Waals surface area (Å²) in [5.41, 5.74) is 1.62. The number of hydrogen-bond donors (Lipinski definition) is 1. The van der Waals surface area contributed by atoms with Gasteiger partial charge in [-0.15, -0.1) is 11.3 Å². The van der Waals surface area contributed by atoms with Gasteiger partial charge in [0.05, 0.1) is 17.8 Å². The minimum Gasteiger partial charge on any atom is -0.305 e. The van der Waals surface area contributed by atoms with E-state index < -0.39 is 0 Å². The first kappa shape index (κ1) is 15.4. The van der Waals surface area contributed by atoms with Gasteiger partial charge in [0, 0.05) is 28.7 Å². The number of nitrogens with zero attached hydrogens (tertiary/aromatic N) is 3. The number of rotatable bonds is 6. The quantitative estimate of drug-likeness (QED) is 0.753. The SMILES string of the molecule is CCCc1cc(C(=O)Nc2ccn(Cc3ccccn3)n2)cs1. The highest BCUT2D eigenvalue weighted by atomic mass is 32.1. The van der Waals surface area contributed by atoms with E-state index in [0.29, 0.717) is 17.9 Å². The lowest BCUT2D eigenvalue weighted by molar-refractivity contribution is 0.102. The van der Waals surface area contributed by atoms with Crippen LogP contribution in [0.5, 0.6) is 0 Å². The molecule has 0 aromatic carbocycles. The molecule has 1 N–H and O–H groups in total. The van der Waals surface area contributed by atoms with Crippen molar-refractivity contribution in [2.75, 3.05) is 5.32 Å². The molecule has 0 aliphatic heterocycles.